The van der Waals surface area contributed by atoms with Crippen LogP contribution in [0.5, 0.6) is 0 Å². The third kappa shape index (κ3) is 3.36. The Hall–Kier alpha value is -2.14. The summed E-state index contributed by atoms with van der Waals surface area (Å²) in [4.78, 5) is 30.3. The first-order valence-corrected chi connectivity index (χ1v) is 7.28. The lowest BCUT2D eigenvalue weighted by Gasteiger charge is -2.26. The summed E-state index contributed by atoms with van der Waals surface area (Å²) in [5.41, 5.74) is 0.570. The first-order valence-electron chi connectivity index (χ1n) is 6.90. The Bertz CT molecular complexity index is 753. The average Bonchev–Trinajstić information content (AvgIpc) is 2.45. The van der Waals surface area contributed by atoms with Crippen LogP contribution in [0.1, 0.15) is 35.5 Å². The summed E-state index contributed by atoms with van der Waals surface area (Å²) in [6, 6.07) is 7.51. The van der Waals surface area contributed by atoms with Crippen molar-refractivity contribution in [3.8, 4) is 0 Å². The highest BCUT2D eigenvalue weighted by atomic mass is 35.5. The minimum absolute atomic E-state index is 0.0393. The predicted molar refractivity (Wildman–Crippen MR) is 86.4 cm³/mol. The Kier molecular flexibility index (Phi) is 4.66. The lowest BCUT2D eigenvalue weighted by atomic mass is 9.84. The molecule has 2 N–H and O–H groups in total. The summed E-state index contributed by atoms with van der Waals surface area (Å²) in [6.07, 6.45) is 1.28. The minimum Gasteiger partial charge on any atom is -0.351 e. The second-order valence-electron chi connectivity index (χ2n) is 5.74. The largest absolute Gasteiger partial charge is 0.351 e. The van der Waals surface area contributed by atoms with Gasteiger partial charge >= 0.3 is 0 Å². The van der Waals surface area contributed by atoms with Crippen LogP contribution in [0.15, 0.2) is 35.4 Å². The fraction of sp³-hybridized carbons (Fsp3) is 0.312. The van der Waals surface area contributed by atoms with Crippen molar-refractivity contribution in [2.75, 3.05) is 6.54 Å². The van der Waals surface area contributed by atoms with Gasteiger partial charge in [0.25, 0.3) is 11.5 Å². The number of amides is 1. The van der Waals surface area contributed by atoms with Gasteiger partial charge in [0.05, 0.1) is 12.0 Å². The van der Waals surface area contributed by atoms with E-state index in [0.29, 0.717) is 17.3 Å². The Morgan fingerprint density at radius 2 is 2.05 bits per heavy atom. The minimum atomic E-state index is -0.444. The highest BCUT2D eigenvalue weighted by Crippen LogP contribution is 2.29. The van der Waals surface area contributed by atoms with Crippen LogP contribution in [0.25, 0.3) is 0 Å². The summed E-state index contributed by atoms with van der Waals surface area (Å²) in [5.74, 6) is -0.438. The van der Waals surface area contributed by atoms with Crippen molar-refractivity contribution in [1.29, 1.82) is 0 Å². The topological polar surface area (TPSA) is 74.8 Å². The third-order valence-electron chi connectivity index (χ3n) is 3.56. The summed E-state index contributed by atoms with van der Waals surface area (Å²) in [7, 11) is 0. The maximum atomic E-state index is 12.2. The monoisotopic (exact) mass is 319 g/mol. The number of benzene rings is 1. The molecule has 6 heteroatoms. The third-order valence-corrected chi connectivity index (χ3v) is 3.89. The van der Waals surface area contributed by atoms with Gasteiger partial charge in [-0.15, -0.1) is 0 Å². The first-order chi connectivity index (χ1) is 10.3. The van der Waals surface area contributed by atoms with E-state index >= 15 is 0 Å². The van der Waals surface area contributed by atoms with E-state index in [4.69, 9.17) is 11.6 Å². The van der Waals surface area contributed by atoms with Gasteiger partial charge in [-0.2, -0.15) is 0 Å². The number of aryl methyl sites for hydroxylation is 1. The number of H-pyrrole nitrogens is 1. The molecule has 5 nitrogen and oxygen atoms in total. The number of nitrogens with zero attached hydrogens (tertiary/aromatic N) is 1. The zero-order valence-corrected chi connectivity index (χ0v) is 13.5. The molecule has 0 aliphatic rings. The normalized spacial score (nSPS) is 11.3. The molecule has 0 atom stereocenters. The van der Waals surface area contributed by atoms with Gasteiger partial charge in [-0.05, 0) is 18.6 Å². The van der Waals surface area contributed by atoms with Gasteiger partial charge < -0.3 is 10.3 Å². The Balaban J connectivity index is 2.17. The smallest absolute Gasteiger partial charge is 0.263 e. The number of carbonyl (C=O) groups excluding carboxylic acids is 1. The zero-order chi connectivity index (χ0) is 16.3. The molecule has 22 heavy (non-hydrogen) atoms. The summed E-state index contributed by atoms with van der Waals surface area (Å²) in [6.45, 7) is 5.94. The van der Waals surface area contributed by atoms with Crippen LogP contribution >= 0.6 is 11.6 Å². The van der Waals surface area contributed by atoms with Crippen LogP contribution in [0, 0.1) is 6.92 Å². The Morgan fingerprint density at radius 1 is 1.36 bits per heavy atom. The number of hydrogen-bond donors (Lipinski definition) is 2. The SMILES string of the molecule is Cc1nc[nH]c(=O)c1C(=O)NCC(C)(C)c1ccccc1Cl. The van der Waals surface area contributed by atoms with Crippen molar-refractivity contribution in [2.24, 2.45) is 0 Å². The molecule has 0 unspecified atom stereocenters. The molecule has 1 heterocycles. The van der Waals surface area contributed by atoms with Gasteiger partial charge in [-0.3, -0.25) is 9.59 Å². The molecule has 0 spiro atoms. The van der Waals surface area contributed by atoms with Gasteiger partial charge in [-0.1, -0.05) is 43.6 Å². The van der Waals surface area contributed by atoms with Crippen LogP contribution in [-0.4, -0.2) is 22.4 Å². The summed E-state index contributed by atoms with van der Waals surface area (Å²) >= 11 is 6.21. The molecule has 1 aromatic heterocycles. The van der Waals surface area contributed by atoms with E-state index in [9.17, 15) is 9.59 Å². The number of aromatic nitrogens is 2. The second-order valence-corrected chi connectivity index (χ2v) is 6.15. The Labute approximate surface area is 133 Å². The van der Waals surface area contributed by atoms with Crippen molar-refractivity contribution < 1.29 is 4.79 Å². The molecule has 0 bridgehead atoms. The van der Waals surface area contributed by atoms with Crippen LogP contribution in [0.4, 0.5) is 0 Å². The highest BCUT2D eigenvalue weighted by molar-refractivity contribution is 6.31. The molecule has 0 fully saturated rings. The first kappa shape index (κ1) is 16.2. The fourth-order valence-corrected chi connectivity index (χ4v) is 2.64. The zero-order valence-electron chi connectivity index (χ0n) is 12.7. The lowest BCUT2D eigenvalue weighted by Crippen LogP contribution is -2.39. The molecular formula is C16H18ClN3O2. The van der Waals surface area contributed by atoms with E-state index in [1.807, 2.05) is 38.1 Å². The number of hydrogen-bond acceptors (Lipinski definition) is 3. The average molecular weight is 320 g/mol. The van der Waals surface area contributed by atoms with E-state index in [1.165, 1.54) is 6.33 Å². The summed E-state index contributed by atoms with van der Waals surface area (Å²) < 4.78 is 0. The summed E-state index contributed by atoms with van der Waals surface area (Å²) in [5, 5.41) is 3.44. The molecule has 2 aromatic rings. The Morgan fingerprint density at radius 3 is 2.68 bits per heavy atom. The van der Waals surface area contributed by atoms with Crippen molar-refractivity contribution >= 4 is 17.5 Å². The van der Waals surface area contributed by atoms with Gasteiger partial charge in [-0.25, -0.2) is 4.98 Å². The van der Waals surface area contributed by atoms with Crippen molar-refractivity contribution in [3.05, 3.63) is 62.8 Å². The molecule has 0 radical (unpaired) electrons. The number of carbonyl (C=O) groups is 1. The maximum Gasteiger partial charge on any atom is 0.263 e. The van der Waals surface area contributed by atoms with Gasteiger partial charge in [0, 0.05) is 17.0 Å². The lowest BCUT2D eigenvalue weighted by molar-refractivity contribution is 0.0943. The molecule has 1 amide bonds. The van der Waals surface area contributed by atoms with Crippen LogP contribution < -0.4 is 10.9 Å². The molecule has 0 aliphatic heterocycles. The number of rotatable bonds is 4. The van der Waals surface area contributed by atoms with Gasteiger partial charge in [0.15, 0.2) is 0 Å². The predicted octanol–water partition coefficient (Wildman–Crippen LogP) is 2.44. The van der Waals surface area contributed by atoms with Crippen LogP contribution in [0.2, 0.25) is 5.02 Å². The van der Waals surface area contributed by atoms with E-state index in [1.54, 1.807) is 6.92 Å². The fourth-order valence-electron chi connectivity index (χ4n) is 2.25. The molecule has 1 aromatic carbocycles. The van der Waals surface area contributed by atoms with Crippen molar-refractivity contribution in [2.45, 2.75) is 26.2 Å². The van der Waals surface area contributed by atoms with E-state index in [-0.39, 0.29) is 11.0 Å². The van der Waals surface area contributed by atoms with E-state index < -0.39 is 11.5 Å². The molecule has 0 aliphatic carbocycles. The molecule has 116 valence electrons. The highest BCUT2D eigenvalue weighted by Gasteiger charge is 2.25. The van der Waals surface area contributed by atoms with Crippen molar-refractivity contribution in [1.82, 2.24) is 15.3 Å². The number of halogens is 1. The second kappa shape index (κ2) is 6.32. The van der Waals surface area contributed by atoms with E-state index in [2.05, 4.69) is 15.3 Å². The maximum absolute atomic E-state index is 12.2. The number of nitrogens with one attached hydrogen (secondary N) is 2. The molecular weight excluding hydrogens is 302 g/mol. The van der Waals surface area contributed by atoms with Crippen molar-refractivity contribution in [3.63, 3.8) is 0 Å². The van der Waals surface area contributed by atoms with Crippen LogP contribution in [0.3, 0.4) is 0 Å². The van der Waals surface area contributed by atoms with Gasteiger partial charge in [0.2, 0.25) is 0 Å². The van der Waals surface area contributed by atoms with Crippen LogP contribution in [-0.2, 0) is 5.41 Å². The number of aromatic amines is 1. The molecule has 2 rings (SSSR count). The molecule has 0 saturated heterocycles. The standard InChI is InChI=1S/C16H18ClN3O2/c1-10-13(15(22)20-9-19-10)14(21)18-8-16(2,3)11-6-4-5-7-12(11)17/h4-7,9H,8H2,1-3H3,(H,18,21)(H,19,20,22). The quantitative estimate of drug-likeness (QED) is 0.909. The van der Waals surface area contributed by atoms with Gasteiger partial charge in [0.1, 0.15) is 5.56 Å². The molecule has 0 saturated carbocycles. The van der Waals surface area contributed by atoms with E-state index in [0.717, 1.165) is 5.56 Å².